The molecule has 5 nitrogen and oxygen atoms in total. The molecule has 1 amide bonds. The lowest BCUT2D eigenvalue weighted by molar-refractivity contribution is 0.0599. The number of hydrogen-bond donors (Lipinski definition) is 1. The first-order chi connectivity index (χ1) is 15.7. The lowest BCUT2D eigenvalue weighted by atomic mass is 10.00. The van der Waals surface area contributed by atoms with Crippen LogP contribution in [-0.2, 0) is 11.2 Å². The summed E-state index contributed by atoms with van der Waals surface area (Å²) in [6.45, 7) is 0.998. The number of nitrogens with one attached hydrogen (secondary N) is 1. The minimum atomic E-state index is -0.377. The Labute approximate surface area is 187 Å². The van der Waals surface area contributed by atoms with E-state index in [1.165, 1.54) is 7.11 Å². The predicted molar refractivity (Wildman–Crippen MR) is 126 cm³/mol. The number of nitrogens with zero attached hydrogens (tertiary/aromatic N) is 1. The van der Waals surface area contributed by atoms with E-state index in [4.69, 9.17) is 4.74 Å². The maximum Gasteiger partial charge on any atom is 0.338 e. The van der Waals surface area contributed by atoms with Crippen molar-refractivity contribution in [1.29, 1.82) is 0 Å². The molecule has 0 saturated heterocycles. The molecule has 0 atom stereocenters. The Kier molecular flexibility index (Phi) is 6.56. The van der Waals surface area contributed by atoms with Gasteiger partial charge in [0, 0.05) is 17.7 Å². The van der Waals surface area contributed by atoms with Crippen LogP contribution in [0, 0.1) is 0 Å². The van der Waals surface area contributed by atoms with E-state index >= 15 is 0 Å². The smallest absolute Gasteiger partial charge is 0.338 e. The molecule has 0 spiro atoms. The van der Waals surface area contributed by atoms with Crippen molar-refractivity contribution in [3.05, 3.63) is 113 Å². The van der Waals surface area contributed by atoms with E-state index in [0.717, 1.165) is 28.0 Å². The van der Waals surface area contributed by atoms with E-state index in [1.807, 2.05) is 60.7 Å². The Morgan fingerprint density at radius 2 is 1.59 bits per heavy atom. The molecule has 1 N–H and O–H groups in total. The fourth-order valence-electron chi connectivity index (χ4n) is 3.77. The minimum absolute atomic E-state index is 0.166. The van der Waals surface area contributed by atoms with E-state index in [9.17, 15) is 9.59 Å². The van der Waals surface area contributed by atoms with Crippen molar-refractivity contribution in [2.75, 3.05) is 20.2 Å². The highest BCUT2D eigenvalue weighted by Crippen LogP contribution is 2.23. The molecule has 0 fully saturated rings. The van der Waals surface area contributed by atoms with Gasteiger partial charge in [-0.05, 0) is 41.3 Å². The molecule has 160 valence electrons. The molecule has 32 heavy (non-hydrogen) atoms. The quantitative estimate of drug-likeness (QED) is 0.574. The van der Waals surface area contributed by atoms with E-state index < -0.39 is 0 Å². The van der Waals surface area contributed by atoms with Gasteiger partial charge in [0.1, 0.15) is 0 Å². The number of carbonyl (C=O) groups excluding carboxylic acids is 2. The Morgan fingerprint density at radius 3 is 2.38 bits per heavy atom. The van der Waals surface area contributed by atoms with Crippen molar-refractivity contribution < 1.29 is 14.3 Å². The van der Waals surface area contributed by atoms with Crippen LogP contribution in [0.4, 0.5) is 0 Å². The molecule has 1 heterocycles. The summed E-state index contributed by atoms with van der Waals surface area (Å²) in [7, 11) is 1.36. The lowest BCUT2D eigenvalue weighted by Crippen LogP contribution is -2.27. The topological polar surface area (TPSA) is 67.8 Å². The standard InChI is InChI=1S/C27H24N2O3/c1-32-27(31)22-12-6-5-11-20(22)15-16-28-26(30)24-14-8-7-13-23(24)25-17-21(18-29-25)19-9-3-2-4-10-19/h2-14,17H,15-16,18H2,1H3,(H,28,30). The molecule has 1 aliphatic heterocycles. The number of allylic oxidation sites excluding steroid dienone is 1. The fraction of sp³-hybridized carbons (Fsp3) is 0.148. The first-order valence-corrected chi connectivity index (χ1v) is 10.5. The molecule has 0 aliphatic carbocycles. The van der Waals surface area contributed by atoms with Crippen molar-refractivity contribution in [3.63, 3.8) is 0 Å². The van der Waals surface area contributed by atoms with Crippen LogP contribution in [0.3, 0.4) is 0 Å². The first kappa shape index (κ1) is 21.2. The van der Waals surface area contributed by atoms with Gasteiger partial charge in [0.05, 0.1) is 24.9 Å². The predicted octanol–water partition coefficient (Wildman–Crippen LogP) is 4.33. The molecule has 3 aromatic carbocycles. The maximum atomic E-state index is 13.0. The van der Waals surface area contributed by atoms with Crippen LogP contribution in [-0.4, -0.2) is 37.8 Å². The summed E-state index contributed by atoms with van der Waals surface area (Å²) in [6, 6.07) is 24.9. The van der Waals surface area contributed by atoms with Gasteiger partial charge in [-0.15, -0.1) is 0 Å². The summed E-state index contributed by atoms with van der Waals surface area (Å²) < 4.78 is 4.84. The summed E-state index contributed by atoms with van der Waals surface area (Å²) in [5, 5.41) is 2.97. The highest BCUT2D eigenvalue weighted by atomic mass is 16.5. The van der Waals surface area contributed by atoms with E-state index in [1.54, 1.807) is 12.1 Å². The van der Waals surface area contributed by atoms with E-state index in [0.29, 0.717) is 30.6 Å². The lowest BCUT2D eigenvalue weighted by Gasteiger charge is -2.11. The average Bonchev–Trinajstić information content (AvgIpc) is 3.34. The largest absolute Gasteiger partial charge is 0.465 e. The van der Waals surface area contributed by atoms with Gasteiger partial charge in [-0.2, -0.15) is 0 Å². The zero-order chi connectivity index (χ0) is 22.3. The molecule has 0 bridgehead atoms. The number of carbonyl (C=O) groups is 2. The van der Waals surface area contributed by atoms with Gasteiger partial charge in [-0.3, -0.25) is 9.79 Å². The highest BCUT2D eigenvalue weighted by Gasteiger charge is 2.18. The summed E-state index contributed by atoms with van der Waals surface area (Å²) in [5.74, 6) is -0.544. The zero-order valence-electron chi connectivity index (χ0n) is 17.9. The number of rotatable bonds is 7. The molecule has 0 unspecified atom stereocenters. The monoisotopic (exact) mass is 424 g/mol. The summed E-state index contributed by atoms with van der Waals surface area (Å²) in [4.78, 5) is 29.6. The number of methoxy groups -OCH3 is 1. The van der Waals surface area contributed by atoms with Gasteiger partial charge in [0.2, 0.25) is 0 Å². The molecule has 4 rings (SSSR count). The van der Waals surface area contributed by atoms with E-state index in [2.05, 4.69) is 22.4 Å². The Bertz CT molecular complexity index is 1200. The maximum absolute atomic E-state index is 13.0. The number of hydrogen-bond acceptors (Lipinski definition) is 4. The molecule has 0 aromatic heterocycles. The average molecular weight is 425 g/mol. The van der Waals surface area contributed by atoms with Gasteiger partial charge < -0.3 is 10.1 Å². The third kappa shape index (κ3) is 4.67. The van der Waals surface area contributed by atoms with Gasteiger partial charge in [0.15, 0.2) is 0 Å². The highest BCUT2D eigenvalue weighted by molar-refractivity contribution is 6.19. The molecule has 5 heteroatoms. The van der Waals surface area contributed by atoms with Crippen LogP contribution in [0.25, 0.3) is 5.57 Å². The van der Waals surface area contributed by atoms with Gasteiger partial charge in [-0.1, -0.05) is 66.7 Å². The number of benzene rings is 3. The van der Waals surface area contributed by atoms with Gasteiger partial charge >= 0.3 is 5.97 Å². The van der Waals surface area contributed by atoms with Crippen LogP contribution in [0.2, 0.25) is 0 Å². The summed E-state index contributed by atoms with van der Waals surface area (Å²) >= 11 is 0. The molecule has 3 aromatic rings. The van der Waals surface area contributed by atoms with E-state index in [-0.39, 0.29) is 11.9 Å². The van der Waals surface area contributed by atoms with Crippen molar-refractivity contribution in [2.24, 2.45) is 4.99 Å². The minimum Gasteiger partial charge on any atom is -0.465 e. The van der Waals surface area contributed by atoms with Gasteiger partial charge in [0.25, 0.3) is 5.91 Å². The second-order valence-corrected chi connectivity index (χ2v) is 7.44. The summed E-state index contributed by atoms with van der Waals surface area (Å²) in [6.07, 6.45) is 2.58. The van der Waals surface area contributed by atoms with Crippen LogP contribution in [0.15, 0.2) is 89.9 Å². The molecule has 1 aliphatic rings. The molecule has 0 radical (unpaired) electrons. The number of amides is 1. The normalized spacial score (nSPS) is 12.7. The van der Waals surface area contributed by atoms with Crippen molar-refractivity contribution in [2.45, 2.75) is 6.42 Å². The third-order valence-electron chi connectivity index (χ3n) is 5.43. The molecular formula is C27H24N2O3. The summed E-state index contributed by atoms with van der Waals surface area (Å²) in [5.41, 5.74) is 5.83. The SMILES string of the molecule is COC(=O)c1ccccc1CCNC(=O)c1ccccc1C1=NCC(c2ccccc2)=C1. The second-order valence-electron chi connectivity index (χ2n) is 7.44. The molecule has 0 saturated carbocycles. The Balaban J connectivity index is 1.46. The molecular weight excluding hydrogens is 400 g/mol. The van der Waals surface area contributed by atoms with Crippen molar-refractivity contribution in [3.8, 4) is 0 Å². The number of esters is 1. The van der Waals surface area contributed by atoms with Gasteiger partial charge in [-0.25, -0.2) is 4.79 Å². The zero-order valence-corrected chi connectivity index (χ0v) is 17.9. The van der Waals surface area contributed by atoms with Crippen LogP contribution >= 0.6 is 0 Å². The Hall–Kier alpha value is -3.99. The fourth-order valence-corrected chi connectivity index (χ4v) is 3.77. The Morgan fingerprint density at radius 1 is 0.906 bits per heavy atom. The van der Waals surface area contributed by atoms with Crippen LogP contribution in [0.1, 0.15) is 37.4 Å². The van der Waals surface area contributed by atoms with Crippen molar-refractivity contribution in [1.82, 2.24) is 5.32 Å². The second kappa shape index (κ2) is 9.88. The van der Waals surface area contributed by atoms with Crippen LogP contribution < -0.4 is 5.32 Å². The van der Waals surface area contributed by atoms with Crippen molar-refractivity contribution >= 4 is 23.2 Å². The first-order valence-electron chi connectivity index (χ1n) is 10.5. The van der Waals surface area contributed by atoms with Crippen LogP contribution in [0.5, 0.6) is 0 Å². The number of aliphatic imine (C=N–C) groups is 1. The third-order valence-corrected chi connectivity index (χ3v) is 5.43. The number of ether oxygens (including phenoxy) is 1.